The van der Waals surface area contributed by atoms with Crippen LogP contribution in [0, 0.1) is 0 Å². The van der Waals surface area contributed by atoms with Gasteiger partial charge < -0.3 is 0 Å². The van der Waals surface area contributed by atoms with Crippen molar-refractivity contribution < 1.29 is 9.59 Å². The Kier molecular flexibility index (Phi) is 11.1. The van der Waals surface area contributed by atoms with Crippen molar-refractivity contribution in [3.63, 3.8) is 0 Å². The largest absolute Gasteiger partial charge is 0.273 e. The second-order valence-corrected chi connectivity index (χ2v) is 8.24. The van der Waals surface area contributed by atoms with Crippen molar-refractivity contribution in [2.45, 2.75) is 39.5 Å². The molecule has 0 aliphatic rings. The molecule has 0 aliphatic carbocycles. The van der Waals surface area contributed by atoms with Crippen molar-refractivity contribution in [3.05, 3.63) is 71.8 Å². The molecule has 0 aromatic heterocycles. The van der Waals surface area contributed by atoms with Crippen LogP contribution in [0.2, 0.25) is 0 Å². The maximum atomic E-state index is 11.9. The number of amides is 2. The van der Waals surface area contributed by atoms with Gasteiger partial charge in [0.05, 0.1) is 11.4 Å². The second-order valence-electron chi connectivity index (χ2n) is 7.02. The lowest BCUT2D eigenvalue weighted by atomic mass is 10.1. The van der Waals surface area contributed by atoms with E-state index in [2.05, 4.69) is 21.1 Å². The molecule has 6 nitrogen and oxygen atoms in total. The minimum Gasteiger partial charge on any atom is -0.273 e. The molecule has 31 heavy (non-hydrogen) atoms. The van der Waals surface area contributed by atoms with Crippen molar-refractivity contribution in [2.75, 3.05) is 11.5 Å². The number of carbonyl (C=O) groups excluding carboxylic acids is 2. The lowest BCUT2D eigenvalue weighted by molar-refractivity contribution is -0.121. The molecule has 0 fully saturated rings. The molecule has 2 N–H and O–H groups in total. The van der Waals surface area contributed by atoms with Gasteiger partial charge in [0.15, 0.2) is 0 Å². The zero-order chi connectivity index (χ0) is 22.3. The highest BCUT2D eigenvalue weighted by Gasteiger charge is 2.03. The van der Waals surface area contributed by atoms with E-state index in [1.807, 2.05) is 74.5 Å². The van der Waals surface area contributed by atoms with E-state index < -0.39 is 0 Å². The molecule has 2 amide bonds. The first kappa shape index (κ1) is 24.3. The van der Waals surface area contributed by atoms with Gasteiger partial charge in [0.2, 0.25) is 11.8 Å². The highest BCUT2D eigenvalue weighted by atomic mass is 32.2. The number of hydrogen-bond donors (Lipinski definition) is 2. The lowest BCUT2D eigenvalue weighted by Gasteiger charge is -2.04. The highest BCUT2D eigenvalue weighted by Crippen LogP contribution is 2.08. The smallest absolute Gasteiger partial charge is 0.240 e. The van der Waals surface area contributed by atoms with Gasteiger partial charge in [0.1, 0.15) is 0 Å². The summed E-state index contributed by atoms with van der Waals surface area (Å²) in [5.41, 5.74) is 8.76. The Labute approximate surface area is 188 Å². The predicted octanol–water partition coefficient (Wildman–Crippen LogP) is 4.36. The number of benzene rings is 2. The maximum absolute atomic E-state index is 11.9. The van der Waals surface area contributed by atoms with Crippen molar-refractivity contribution in [3.8, 4) is 0 Å². The van der Waals surface area contributed by atoms with E-state index in [1.165, 1.54) is 0 Å². The topological polar surface area (TPSA) is 82.9 Å². The van der Waals surface area contributed by atoms with E-state index in [0.717, 1.165) is 46.9 Å². The molecule has 2 rings (SSSR count). The molecule has 0 spiro atoms. The van der Waals surface area contributed by atoms with Gasteiger partial charge in [0, 0.05) is 12.8 Å². The zero-order valence-corrected chi connectivity index (χ0v) is 19.0. The van der Waals surface area contributed by atoms with E-state index in [4.69, 9.17) is 0 Å². The highest BCUT2D eigenvalue weighted by molar-refractivity contribution is 7.99. The van der Waals surface area contributed by atoms with Crippen LogP contribution in [0.4, 0.5) is 0 Å². The Morgan fingerprint density at radius 1 is 0.710 bits per heavy atom. The molecule has 0 atom stereocenters. The fraction of sp³-hybridized carbons (Fsp3) is 0.333. The molecular weight excluding hydrogens is 408 g/mol. The number of nitrogens with zero attached hydrogens (tertiary/aromatic N) is 2. The van der Waals surface area contributed by atoms with Gasteiger partial charge in [-0.3, -0.25) is 9.59 Å². The van der Waals surface area contributed by atoms with Crippen LogP contribution in [-0.4, -0.2) is 34.7 Å². The number of rotatable bonds is 12. The Bertz CT molecular complexity index is 809. The quantitative estimate of drug-likeness (QED) is 0.293. The van der Waals surface area contributed by atoms with Gasteiger partial charge >= 0.3 is 0 Å². The summed E-state index contributed by atoms with van der Waals surface area (Å²) >= 11 is 1.75. The van der Waals surface area contributed by atoms with Crippen LogP contribution >= 0.6 is 11.8 Å². The summed E-state index contributed by atoms with van der Waals surface area (Å²) in [6, 6.07) is 19.5. The molecule has 0 bridgehead atoms. The molecule has 0 heterocycles. The summed E-state index contributed by atoms with van der Waals surface area (Å²) in [4.78, 5) is 23.8. The van der Waals surface area contributed by atoms with Crippen LogP contribution in [0.5, 0.6) is 0 Å². The van der Waals surface area contributed by atoms with E-state index >= 15 is 0 Å². The summed E-state index contributed by atoms with van der Waals surface area (Å²) < 4.78 is 0. The van der Waals surface area contributed by atoms with Crippen LogP contribution in [0.1, 0.15) is 50.7 Å². The Morgan fingerprint density at radius 2 is 1.10 bits per heavy atom. The van der Waals surface area contributed by atoms with Gasteiger partial charge in [-0.25, -0.2) is 10.9 Å². The van der Waals surface area contributed by atoms with Crippen LogP contribution < -0.4 is 10.9 Å². The summed E-state index contributed by atoms with van der Waals surface area (Å²) in [6.07, 6.45) is 2.44. The zero-order valence-electron chi connectivity index (χ0n) is 18.1. The fourth-order valence-corrected chi connectivity index (χ4v) is 3.56. The van der Waals surface area contributed by atoms with Crippen molar-refractivity contribution >= 4 is 35.0 Å². The molecule has 2 aromatic rings. The summed E-state index contributed by atoms with van der Waals surface area (Å²) in [5, 5.41) is 8.29. The average Bonchev–Trinajstić information content (AvgIpc) is 2.81. The second kappa shape index (κ2) is 14.1. The van der Waals surface area contributed by atoms with Gasteiger partial charge in [-0.05, 0) is 49.3 Å². The van der Waals surface area contributed by atoms with Crippen molar-refractivity contribution in [2.24, 2.45) is 10.2 Å². The molecule has 0 saturated carbocycles. The molecule has 0 unspecified atom stereocenters. The Morgan fingerprint density at radius 3 is 1.48 bits per heavy atom. The lowest BCUT2D eigenvalue weighted by Crippen LogP contribution is -2.19. The number of nitrogens with one attached hydrogen (secondary N) is 2. The maximum Gasteiger partial charge on any atom is 0.240 e. The van der Waals surface area contributed by atoms with Gasteiger partial charge in [-0.15, -0.1) is 0 Å². The third-order valence-electron chi connectivity index (χ3n) is 4.46. The molecule has 7 heteroatoms. The molecule has 0 aliphatic heterocycles. The minimum atomic E-state index is -0.0816. The predicted molar refractivity (Wildman–Crippen MR) is 129 cm³/mol. The number of hydrazone groups is 2. The van der Waals surface area contributed by atoms with E-state index in [1.54, 1.807) is 11.8 Å². The number of hydrogen-bond acceptors (Lipinski definition) is 5. The molecular formula is C24H30N4O2S. The molecule has 0 radical (unpaired) electrons. The van der Waals surface area contributed by atoms with Gasteiger partial charge in [-0.2, -0.15) is 22.0 Å². The third kappa shape index (κ3) is 10.1. The number of carbonyl (C=O) groups is 2. The Hall–Kier alpha value is -2.93. The Balaban J connectivity index is 1.51. The summed E-state index contributed by atoms with van der Waals surface area (Å²) in [6.45, 7) is 3.74. The van der Waals surface area contributed by atoms with Gasteiger partial charge in [0.25, 0.3) is 0 Å². The third-order valence-corrected chi connectivity index (χ3v) is 5.62. The van der Waals surface area contributed by atoms with Crippen molar-refractivity contribution in [1.29, 1.82) is 0 Å². The van der Waals surface area contributed by atoms with Gasteiger partial charge in [-0.1, -0.05) is 60.7 Å². The first-order valence-corrected chi connectivity index (χ1v) is 11.6. The van der Waals surface area contributed by atoms with Crippen molar-refractivity contribution in [1.82, 2.24) is 10.9 Å². The summed E-state index contributed by atoms with van der Waals surface area (Å²) in [7, 11) is 0. The molecule has 0 saturated heterocycles. The van der Waals surface area contributed by atoms with E-state index in [-0.39, 0.29) is 11.8 Å². The standard InChI is InChI=1S/C24H30N4O2S/c1-19(21-11-5-3-6-12-21)25-27-23(29)15-9-17-31-18-10-16-24(30)28-26-20(2)22-13-7-4-8-14-22/h3-8,11-14H,9-10,15-18H2,1-2H3,(H,27,29)(H,28,30)/b25-19-,26-20-. The van der Waals surface area contributed by atoms with Crippen LogP contribution in [-0.2, 0) is 9.59 Å². The van der Waals surface area contributed by atoms with Crippen LogP contribution in [0.25, 0.3) is 0 Å². The normalized spacial score (nSPS) is 11.8. The SMILES string of the molecule is C/C(=N/NC(=O)CCCSCCCC(=O)N/N=C(/C)c1ccccc1)c1ccccc1. The first-order valence-electron chi connectivity index (χ1n) is 10.4. The minimum absolute atomic E-state index is 0.0816. The average molecular weight is 439 g/mol. The summed E-state index contributed by atoms with van der Waals surface area (Å²) in [5.74, 6) is 1.59. The monoisotopic (exact) mass is 438 g/mol. The van der Waals surface area contributed by atoms with E-state index in [9.17, 15) is 9.59 Å². The van der Waals surface area contributed by atoms with Crippen LogP contribution in [0.15, 0.2) is 70.9 Å². The molecule has 164 valence electrons. The molecule has 2 aromatic carbocycles. The van der Waals surface area contributed by atoms with E-state index in [0.29, 0.717) is 12.8 Å². The number of thioether (sulfide) groups is 1. The van der Waals surface area contributed by atoms with Crippen LogP contribution in [0.3, 0.4) is 0 Å². The first-order chi connectivity index (χ1) is 15.1. The fourth-order valence-electron chi connectivity index (χ4n) is 2.66.